The summed E-state index contributed by atoms with van der Waals surface area (Å²) in [6, 6.07) is 7.65. The molecule has 2 aromatic rings. The van der Waals surface area contributed by atoms with Crippen LogP contribution >= 0.6 is 12.4 Å². The Morgan fingerprint density at radius 2 is 2.00 bits per heavy atom. The summed E-state index contributed by atoms with van der Waals surface area (Å²) in [5.74, 6) is 0.218. The molecular weight excluding hydrogens is 292 g/mol. The van der Waals surface area contributed by atoms with E-state index in [0.717, 1.165) is 23.1 Å². The fraction of sp³-hybridized carbons (Fsp3) is 0.400. The van der Waals surface area contributed by atoms with E-state index in [4.69, 9.17) is 9.15 Å². The predicted octanol–water partition coefficient (Wildman–Crippen LogP) is 2.13. The lowest BCUT2D eigenvalue weighted by Gasteiger charge is -2.05. The van der Waals surface area contributed by atoms with Gasteiger partial charge in [0, 0.05) is 37.7 Å². The molecule has 0 aliphatic heterocycles. The number of carbonyl (C=O) groups is 1. The molecule has 0 fully saturated rings. The van der Waals surface area contributed by atoms with Crippen LogP contribution in [-0.4, -0.2) is 39.3 Å². The molecule has 2 rings (SSSR count). The van der Waals surface area contributed by atoms with Crippen LogP contribution < -0.4 is 10.6 Å². The van der Waals surface area contributed by atoms with Gasteiger partial charge in [0.25, 0.3) is 5.91 Å². The first kappa shape index (κ1) is 17.5. The largest absolute Gasteiger partial charge is 0.451 e. The molecule has 0 saturated carbocycles. The van der Waals surface area contributed by atoms with Crippen molar-refractivity contribution in [3.05, 3.63) is 35.6 Å². The number of furan rings is 1. The highest BCUT2D eigenvalue weighted by molar-refractivity contribution is 5.98. The van der Waals surface area contributed by atoms with Crippen LogP contribution in [0.2, 0.25) is 0 Å². The third-order valence-electron chi connectivity index (χ3n) is 3.12. The molecule has 1 aromatic carbocycles. The number of halogens is 1. The Morgan fingerprint density at radius 3 is 2.71 bits per heavy atom. The van der Waals surface area contributed by atoms with Gasteiger partial charge in [-0.3, -0.25) is 4.79 Å². The molecule has 0 bridgehead atoms. The predicted molar refractivity (Wildman–Crippen MR) is 85.3 cm³/mol. The van der Waals surface area contributed by atoms with E-state index in [1.54, 1.807) is 7.11 Å². The van der Waals surface area contributed by atoms with Gasteiger partial charge in [-0.25, -0.2) is 0 Å². The molecule has 0 unspecified atom stereocenters. The topological polar surface area (TPSA) is 63.5 Å². The van der Waals surface area contributed by atoms with E-state index in [2.05, 4.69) is 10.6 Å². The third kappa shape index (κ3) is 4.46. The zero-order chi connectivity index (χ0) is 14.4. The van der Waals surface area contributed by atoms with Gasteiger partial charge in [0.1, 0.15) is 5.58 Å². The maximum absolute atomic E-state index is 12.1. The number of carbonyl (C=O) groups excluding carboxylic acids is 1. The molecule has 0 atom stereocenters. The van der Waals surface area contributed by atoms with Crippen LogP contribution in [0, 0.1) is 6.92 Å². The lowest BCUT2D eigenvalue weighted by Crippen LogP contribution is -2.33. The van der Waals surface area contributed by atoms with E-state index in [1.165, 1.54) is 0 Å². The molecule has 21 heavy (non-hydrogen) atoms. The molecule has 0 spiro atoms. The lowest BCUT2D eigenvalue weighted by atomic mass is 10.1. The first-order valence-corrected chi connectivity index (χ1v) is 6.70. The van der Waals surface area contributed by atoms with Crippen LogP contribution in [0.5, 0.6) is 0 Å². The number of para-hydroxylation sites is 1. The summed E-state index contributed by atoms with van der Waals surface area (Å²) in [7, 11) is 1.66. The average molecular weight is 313 g/mol. The van der Waals surface area contributed by atoms with Crippen molar-refractivity contribution >= 4 is 29.3 Å². The number of fused-ring (bicyclic) bond motifs is 1. The fourth-order valence-electron chi connectivity index (χ4n) is 2.03. The number of ether oxygens (including phenoxy) is 1. The Bertz CT molecular complexity index is 583. The van der Waals surface area contributed by atoms with E-state index in [9.17, 15) is 4.79 Å². The summed E-state index contributed by atoms with van der Waals surface area (Å²) >= 11 is 0. The standard InChI is InChI=1S/C15H20N2O3.ClH/c1-11-12-5-3-4-6-13(12)20-14(11)15(18)17-8-7-16-9-10-19-2;/h3-6,16H,7-10H2,1-2H3,(H,17,18);1H. The summed E-state index contributed by atoms with van der Waals surface area (Å²) in [5.41, 5.74) is 1.62. The summed E-state index contributed by atoms with van der Waals surface area (Å²) < 4.78 is 10.5. The second kappa shape index (κ2) is 8.67. The minimum Gasteiger partial charge on any atom is -0.451 e. The first-order chi connectivity index (χ1) is 9.74. The van der Waals surface area contributed by atoms with Crippen molar-refractivity contribution in [1.82, 2.24) is 10.6 Å². The van der Waals surface area contributed by atoms with E-state index in [0.29, 0.717) is 25.5 Å². The fourth-order valence-corrected chi connectivity index (χ4v) is 2.03. The molecule has 0 radical (unpaired) electrons. The SMILES string of the molecule is COCCNCCNC(=O)c1oc2ccccc2c1C.Cl. The summed E-state index contributed by atoms with van der Waals surface area (Å²) in [4.78, 5) is 12.1. The molecular formula is C15H21ClN2O3. The molecule has 0 aliphatic carbocycles. The second-order valence-electron chi connectivity index (χ2n) is 4.55. The van der Waals surface area contributed by atoms with E-state index < -0.39 is 0 Å². The van der Waals surface area contributed by atoms with Crippen LogP contribution in [0.3, 0.4) is 0 Å². The van der Waals surface area contributed by atoms with Crippen molar-refractivity contribution in [2.75, 3.05) is 33.4 Å². The van der Waals surface area contributed by atoms with Gasteiger partial charge in [-0.2, -0.15) is 0 Å². The molecule has 1 aromatic heterocycles. The van der Waals surface area contributed by atoms with Crippen LogP contribution in [0.25, 0.3) is 11.0 Å². The molecule has 1 heterocycles. The minimum atomic E-state index is -0.174. The number of methoxy groups -OCH3 is 1. The van der Waals surface area contributed by atoms with Gasteiger partial charge in [0.2, 0.25) is 0 Å². The number of aryl methyl sites for hydroxylation is 1. The smallest absolute Gasteiger partial charge is 0.287 e. The third-order valence-corrected chi connectivity index (χ3v) is 3.12. The number of nitrogens with one attached hydrogen (secondary N) is 2. The number of rotatable bonds is 7. The van der Waals surface area contributed by atoms with Gasteiger partial charge >= 0.3 is 0 Å². The highest BCUT2D eigenvalue weighted by Crippen LogP contribution is 2.24. The van der Waals surface area contributed by atoms with Crippen molar-refractivity contribution in [3.8, 4) is 0 Å². The van der Waals surface area contributed by atoms with E-state index in [1.807, 2.05) is 31.2 Å². The van der Waals surface area contributed by atoms with Crippen molar-refractivity contribution in [2.45, 2.75) is 6.92 Å². The molecule has 2 N–H and O–H groups in total. The van der Waals surface area contributed by atoms with E-state index >= 15 is 0 Å². The summed E-state index contributed by atoms with van der Waals surface area (Å²) in [5, 5.41) is 6.99. The van der Waals surface area contributed by atoms with Gasteiger partial charge in [0.15, 0.2) is 5.76 Å². The summed E-state index contributed by atoms with van der Waals surface area (Å²) in [6.07, 6.45) is 0. The van der Waals surface area contributed by atoms with Gasteiger partial charge < -0.3 is 19.8 Å². The Labute approximate surface area is 130 Å². The van der Waals surface area contributed by atoms with Gasteiger partial charge in [-0.05, 0) is 13.0 Å². The maximum Gasteiger partial charge on any atom is 0.287 e. The maximum atomic E-state index is 12.1. The number of benzene rings is 1. The summed E-state index contributed by atoms with van der Waals surface area (Å²) in [6.45, 7) is 4.59. The molecule has 116 valence electrons. The van der Waals surface area contributed by atoms with Gasteiger partial charge in [-0.1, -0.05) is 18.2 Å². The molecule has 6 heteroatoms. The van der Waals surface area contributed by atoms with Crippen LogP contribution in [0.15, 0.2) is 28.7 Å². The monoisotopic (exact) mass is 312 g/mol. The highest BCUT2D eigenvalue weighted by atomic mass is 35.5. The zero-order valence-electron chi connectivity index (χ0n) is 12.3. The van der Waals surface area contributed by atoms with Gasteiger partial charge in [0.05, 0.1) is 6.61 Å². The number of hydrogen-bond acceptors (Lipinski definition) is 4. The first-order valence-electron chi connectivity index (χ1n) is 6.70. The Hall–Kier alpha value is -1.56. The number of amides is 1. The van der Waals surface area contributed by atoms with E-state index in [-0.39, 0.29) is 18.3 Å². The van der Waals surface area contributed by atoms with Crippen LogP contribution in [-0.2, 0) is 4.74 Å². The van der Waals surface area contributed by atoms with Crippen molar-refractivity contribution in [3.63, 3.8) is 0 Å². The quantitative estimate of drug-likeness (QED) is 0.769. The number of hydrogen-bond donors (Lipinski definition) is 2. The lowest BCUT2D eigenvalue weighted by molar-refractivity contribution is 0.0927. The minimum absolute atomic E-state index is 0. The van der Waals surface area contributed by atoms with Crippen LogP contribution in [0.1, 0.15) is 16.1 Å². The normalized spacial score (nSPS) is 10.4. The molecule has 1 amide bonds. The highest BCUT2D eigenvalue weighted by Gasteiger charge is 2.16. The van der Waals surface area contributed by atoms with Crippen molar-refractivity contribution in [1.29, 1.82) is 0 Å². The molecule has 0 aliphatic rings. The van der Waals surface area contributed by atoms with Crippen molar-refractivity contribution < 1.29 is 13.9 Å². The Morgan fingerprint density at radius 1 is 1.24 bits per heavy atom. The zero-order valence-corrected chi connectivity index (χ0v) is 13.1. The second-order valence-corrected chi connectivity index (χ2v) is 4.55. The molecule has 0 saturated heterocycles. The molecule has 5 nitrogen and oxygen atoms in total. The van der Waals surface area contributed by atoms with Crippen molar-refractivity contribution in [2.24, 2.45) is 0 Å². The Balaban J connectivity index is 0.00000220. The van der Waals surface area contributed by atoms with Crippen LogP contribution in [0.4, 0.5) is 0 Å². The average Bonchev–Trinajstić information content (AvgIpc) is 2.80. The van der Waals surface area contributed by atoms with Gasteiger partial charge in [-0.15, -0.1) is 12.4 Å². The Kier molecular flexibility index (Phi) is 7.22.